The third-order valence-corrected chi connectivity index (χ3v) is 5.21. The van der Waals surface area contributed by atoms with Crippen LogP contribution in [-0.2, 0) is 15.6 Å². The molecule has 15 heavy (non-hydrogen) atoms. The van der Waals surface area contributed by atoms with Gasteiger partial charge in [-0.2, -0.15) is 0 Å². The van der Waals surface area contributed by atoms with Crippen molar-refractivity contribution in [1.29, 1.82) is 0 Å². The fourth-order valence-corrected chi connectivity index (χ4v) is 3.48. The van der Waals surface area contributed by atoms with Crippen LogP contribution in [0.25, 0.3) is 0 Å². The molecule has 0 aromatic carbocycles. The second kappa shape index (κ2) is 4.59. The maximum atomic E-state index is 11.4. The van der Waals surface area contributed by atoms with Gasteiger partial charge >= 0.3 is 0 Å². The molecule has 0 saturated heterocycles. The minimum absolute atomic E-state index is 0.0295. The van der Waals surface area contributed by atoms with Crippen LogP contribution in [0.5, 0.6) is 0 Å². The summed E-state index contributed by atoms with van der Waals surface area (Å²) < 4.78 is 22.8. The molecule has 0 saturated carbocycles. The van der Waals surface area contributed by atoms with E-state index in [0.717, 1.165) is 10.6 Å². The highest BCUT2D eigenvalue weighted by Crippen LogP contribution is 2.24. The van der Waals surface area contributed by atoms with Crippen molar-refractivity contribution in [3.05, 3.63) is 15.6 Å². The van der Waals surface area contributed by atoms with Gasteiger partial charge in [0.25, 0.3) is 0 Å². The van der Waals surface area contributed by atoms with Gasteiger partial charge in [0.05, 0.1) is 5.69 Å². The molecular formula is C9H16N2O2S2. The molecule has 0 aliphatic carbocycles. The molecule has 1 unspecified atom stereocenters. The molecule has 0 aliphatic heterocycles. The van der Waals surface area contributed by atoms with Gasteiger partial charge in [0.15, 0.2) is 9.84 Å². The summed E-state index contributed by atoms with van der Waals surface area (Å²) in [5.74, 6) is 0.181. The quantitative estimate of drug-likeness (QED) is 0.874. The summed E-state index contributed by atoms with van der Waals surface area (Å²) in [6.45, 7) is 5.37. The van der Waals surface area contributed by atoms with E-state index in [2.05, 4.69) is 4.98 Å². The number of hydrogen-bond donors (Lipinski definition) is 1. The van der Waals surface area contributed by atoms with E-state index in [9.17, 15) is 8.42 Å². The molecule has 0 radical (unpaired) electrons. The molecule has 0 fully saturated rings. The molecule has 1 aromatic rings. The van der Waals surface area contributed by atoms with E-state index in [4.69, 9.17) is 5.73 Å². The minimum atomic E-state index is -2.99. The van der Waals surface area contributed by atoms with E-state index in [0.29, 0.717) is 5.01 Å². The zero-order valence-electron chi connectivity index (χ0n) is 9.15. The SMILES string of the molecule is CCS(=O)(=O)Cc1nc(C)c(C(C)N)s1. The fraction of sp³-hybridized carbons (Fsp3) is 0.667. The molecule has 1 aromatic heterocycles. The van der Waals surface area contributed by atoms with Gasteiger partial charge in [0, 0.05) is 16.7 Å². The van der Waals surface area contributed by atoms with E-state index in [1.807, 2.05) is 13.8 Å². The molecule has 6 heteroatoms. The maximum absolute atomic E-state index is 11.4. The summed E-state index contributed by atoms with van der Waals surface area (Å²) in [4.78, 5) is 5.19. The van der Waals surface area contributed by atoms with Crippen LogP contribution in [0.1, 0.15) is 35.5 Å². The van der Waals surface area contributed by atoms with E-state index in [1.165, 1.54) is 11.3 Å². The third-order valence-electron chi connectivity index (χ3n) is 2.07. The van der Waals surface area contributed by atoms with Crippen LogP contribution in [0.15, 0.2) is 0 Å². The number of hydrogen-bond acceptors (Lipinski definition) is 5. The zero-order chi connectivity index (χ0) is 11.6. The lowest BCUT2D eigenvalue weighted by Gasteiger charge is -2.00. The van der Waals surface area contributed by atoms with E-state index in [1.54, 1.807) is 6.92 Å². The second-order valence-electron chi connectivity index (χ2n) is 3.52. The molecule has 1 atom stereocenters. The van der Waals surface area contributed by atoms with Crippen LogP contribution in [0.2, 0.25) is 0 Å². The zero-order valence-corrected chi connectivity index (χ0v) is 10.8. The largest absolute Gasteiger partial charge is 0.323 e. The molecule has 2 N–H and O–H groups in total. The smallest absolute Gasteiger partial charge is 0.156 e. The van der Waals surface area contributed by atoms with E-state index < -0.39 is 9.84 Å². The summed E-state index contributed by atoms with van der Waals surface area (Å²) >= 11 is 1.39. The fourth-order valence-electron chi connectivity index (χ4n) is 1.24. The number of nitrogens with zero attached hydrogens (tertiary/aromatic N) is 1. The van der Waals surface area contributed by atoms with Gasteiger partial charge in [-0.15, -0.1) is 11.3 Å². The van der Waals surface area contributed by atoms with Gasteiger partial charge in [0.2, 0.25) is 0 Å². The topological polar surface area (TPSA) is 73.0 Å². The lowest BCUT2D eigenvalue weighted by atomic mass is 10.2. The molecule has 0 spiro atoms. The summed E-state index contributed by atoms with van der Waals surface area (Å²) in [6.07, 6.45) is 0. The van der Waals surface area contributed by atoms with Crippen LogP contribution in [0.4, 0.5) is 0 Å². The Bertz CT molecular complexity index is 435. The summed E-state index contributed by atoms with van der Waals surface area (Å²) in [5, 5.41) is 0.640. The molecule has 4 nitrogen and oxygen atoms in total. The number of nitrogens with two attached hydrogens (primary N) is 1. The van der Waals surface area contributed by atoms with E-state index in [-0.39, 0.29) is 17.5 Å². The van der Waals surface area contributed by atoms with Gasteiger partial charge in [-0.25, -0.2) is 13.4 Å². The number of aryl methyl sites for hydroxylation is 1. The van der Waals surface area contributed by atoms with Crippen LogP contribution in [0.3, 0.4) is 0 Å². The number of rotatable bonds is 4. The van der Waals surface area contributed by atoms with Crippen molar-refractivity contribution in [3.8, 4) is 0 Å². The highest BCUT2D eigenvalue weighted by atomic mass is 32.2. The predicted octanol–water partition coefficient (Wildman–Crippen LogP) is 1.41. The predicted molar refractivity (Wildman–Crippen MR) is 62.6 cm³/mol. The maximum Gasteiger partial charge on any atom is 0.156 e. The number of aromatic nitrogens is 1. The molecule has 1 heterocycles. The molecule has 86 valence electrons. The summed E-state index contributed by atoms with van der Waals surface area (Å²) in [7, 11) is -2.99. The van der Waals surface area contributed by atoms with Gasteiger partial charge in [0.1, 0.15) is 10.8 Å². The highest BCUT2D eigenvalue weighted by Gasteiger charge is 2.16. The second-order valence-corrected chi connectivity index (χ2v) is 6.99. The third kappa shape index (κ3) is 3.25. The monoisotopic (exact) mass is 248 g/mol. The Hall–Kier alpha value is -0.460. The molecule has 0 bridgehead atoms. The molecule has 0 amide bonds. The summed E-state index contributed by atoms with van der Waals surface area (Å²) in [5.41, 5.74) is 6.59. The Kier molecular flexibility index (Phi) is 3.86. The molecule has 1 rings (SSSR count). The minimum Gasteiger partial charge on any atom is -0.323 e. The Labute approximate surface area is 94.4 Å². The summed E-state index contributed by atoms with van der Waals surface area (Å²) in [6, 6.07) is -0.0828. The molecular weight excluding hydrogens is 232 g/mol. The van der Waals surface area contributed by atoms with Crippen molar-refractivity contribution in [2.75, 3.05) is 5.75 Å². The number of sulfone groups is 1. The van der Waals surface area contributed by atoms with Crippen molar-refractivity contribution >= 4 is 21.2 Å². The Balaban J connectivity index is 2.94. The molecule has 0 aliphatic rings. The van der Waals surface area contributed by atoms with Crippen molar-refractivity contribution in [2.45, 2.75) is 32.6 Å². The first-order valence-electron chi connectivity index (χ1n) is 4.78. The highest BCUT2D eigenvalue weighted by molar-refractivity contribution is 7.90. The van der Waals surface area contributed by atoms with Crippen molar-refractivity contribution in [3.63, 3.8) is 0 Å². The van der Waals surface area contributed by atoms with Crippen LogP contribution < -0.4 is 5.73 Å². The van der Waals surface area contributed by atoms with Crippen molar-refractivity contribution < 1.29 is 8.42 Å². The Morgan fingerprint density at radius 1 is 1.53 bits per heavy atom. The van der Waals surface area contributed by atoms with Gasteiger partial charge in [-0.05, 0) is 13.8 Å². The average molecular weight is 248 g/mol. The Morgan fingerprint density at radius 2 is 2.13 bits per heavy atom. The van der Waals surface area contributed by atoms with Crippen molar-refractivity contribution in [2.24, 2.45) is 5.73 Å². The van der Waals surface area contributed by atoms with Crippen LogP contribution in [0, 0.1) is 6.92 Å². The lowest BCUT2D eigenvalue weighted by molar-refractivity contribution is 0.596. The normalized spacial score (nSPS) is 14.1. The van der Waals surface area contributed by atoms with E-state index >= 15 is 0 Å². The first-order chi connectivity index (χ1) is 6.85. The lowest BCUT2D eigenvalue weighted by Crippen LogP contribution is -2.06. The first-order valence-corrected chi connectivity index (χ1v) is 7.41. The number of thiazole rings is 1. The average Bonchev–Trinajstić information content (AvgIpc) is 2.46. The van der Waals surface area contributed by atoms with Gasteiger partial charge in [-0.3, -0.25) is 0 Å². The van der Waals surface area contributed by atoms with Gasteiger partial charge in [-0.1, -0.05) is 6.92 Å². The Morgan fingerprint density at radius 3 is 2.53 bits per heavy atom. The standard InChI is InChI=1S/C9H16N2O2S2/c1-4-15(12,13)5-8-11-7(3)9(14-8)6(2)10/h6H,4-5,10H2,1-3H3. The van der Waals surface area contributed by atoms with Gasteiger partial charge < -0.3 is 5.73 Å². The van der Waals surface area contributed by atoms with Crippen LogP contribution >= 0.6 is 11.3 Å². The van der Waals surface area contributed by atoms with Crippen molar-refractivity contribution in [1.82, 2.24) is 4.98 Å². The van der Waals surface area contributed by atoms with Crippen LogP contribution in [-0.4, -0.2) is 19.2 Å². The first kappa shape index (κ1) is 12.6.